The highest BCUT2D eigenvalue weighted by molar-refractivity contribution is 7.80. The molecule has 0 atom stereocenters. The second-order valence-corrected chi connectivity index (χ2v) is 5.57. The van der Waals surface area contributed by atoms with E-state index in [4.69, 9.17) is 18.0 Å². The lowest BCUT2D eigenvalue weighted by molar-refractivity contribution is 0.416. The van der Waals surface area contributed by atoms with E-state index in [2.05, 4.69) is 42.0 Å². The summed E-state index contributed by atoms with van der Waals surface area (Å²) in [5.41, 5.74) is 8.70. The van der Waals surface area contributed by atoms with Crippen LogP contribution in [0, 0.1) is 0 Å². The molecule has 4 nitrogen and oxygen atoms in total. The first-order chi connectivity index (χ1) is 9.50. The lowest BCUT2D eigenvalue weighted by Gasteiger charge is -2.25. The number of anilines is 1. The minimum absolute atomic E-state index is 0.384. The number of para-hydroxylation sites is 1. The Bertz CT molecular complexity index is 624. The first-order valence-electron chi connectivity index (χ1n) is 6.54. The molecule has 5 heteroatoms. The van der Waals surface area contributed by atoms with Crippen LogP contribution in [0.3, 0.4) is 0 Å². The molecule has 0 unspecified atom stereocenters. The lowest BCUT2D eigenvalue weighted by atomic mass is 10.1. The summed E-state index contributed by atoms with van der Waals surface area (Å²) in [7, 11) is 6.19. The average molecular weight is 288 g/mol. The smallest absolute Gasteiger partial charge is 0.107 e. The van der Waals surface area contributed by atoms with E-state index in [0.29, 0.717) is 4.99 Å². The van der Waals surface area contributed by atoms with Gasteiger partial charge < -0.3 is 15.5 Å². The highest BCUT2D eigenvalue weighted by Crippen LogP contribution is 2.28. The molecule has 1 aromatic carbocycles. The first kappa shape index (κ1) is 14.7. The van der Waals surface area contributed by atoms with Gasteiger partial charge >= 0.3 is 0 Å². The van der Waals surface area contributed by atoms with Gasteiger partial charge in [-0.25, -0.2) is 0 Å². The van der Waals surface area contributed by atoms with Crippen molar-refractivity contribution in [2.24, 2.45) is 5.73 Å². The number of aromatic nitrogens is 1. The molecule has 20 heavy (non-hydrogen) atoms. The molecular formula is C15H20N4S. The molecule has 1 aromatic heterocycles. The van der Waals surface area contributed by atoms with E-state index in [0.717, 1.165) is 35.2 Å². The number of benzene rings is 1. The summed E-state index contributed by atoms with van der Waals surface area (Å²) in [4.78, 5) is 9.17. The molecular weight excluding hydrogens is 268 g/mol. The summed E-state index contributed by atoms with van der Waals surface area (Å²) < 4.78 is 0. The summed E-state index contributed by atoms with van der Waals surface area (Å²) >= 11 is 5.17. The fourth-order valence-electron chi connectivity index (χ4n) is 2.18. The summed E-state index contributed by atoms with van der Waals surface area (Å²) in [6.07, 6.45) is 1.77. The van der Waals surface area contributed by atoms with Crippen molar-refractivity contribution in [1.29, 1.82) is 0 Å². The SMILES string of the molecule is CN(C)CCN(C)c1c(C(N)=S)cnc2ccccc12. The number of thiocarbonyl (C=S) groups is 1. The number of hydrogen-bond donors (Lipinski definition) is 1. The van der Waals surface area contributed by atoms with E-state index >= 15 is 0 Å². The van der Waals surface area contributed by atoms with Crippen LogP contribution in [0.4, 0.5) is 5.69 Å². The maximum absolute atomic E-state index is 5.85. The largest absolute Gasteiger partial charge is 0.389 e. The predicted molar refractivity (Wildman–Crippen MR) is 89.5 cm³/mol. The third kappa shape index (κ3) is 3.05. The molecule has 106 valence electrons. The topological polar surface area (TPSA) is 45.4 Å². The molecule has 0 amide bonds. The number of nitrogens with zero attached hydrogens (tertiary/aromatic N) is 3. The van der Waals surface area contributed by atoms with Gasteiger partial charge in [0.15, 0.2) is 0 Å². The van der Waals surface area contributed by atoms with Gasteiger partial charge in [0.05, 0.1) is 16.8 Å². The zero-order valence-electron chi connectivity index (χ0n) is 12.1. The molecule has 0 saturated carbocycles. The van der Waals surface area contributed by atoms with Crippen molar-refractivity contribution in [1.82, 2.24) is 9.88 Å². The zero-order valence-corrected chi connectivity index (χ0v) is 12.9. The number of pyridine rings is 1. The van der Waals surface area contributed by atoms with Crippen molar-refractivity contribution < 1.29 is 0 Å². The van der Waals surface area contributed by atoms with Gasteiger partial charge in [-0.1, -0.05) is 30.4 Å². The fraction of sp³-hybridized carbons (Fsp3) is 0.333. The normalized spacial score (nSPS) is 11.0. The number of nitrogens with two attached hydrogens (primary N) is 1. The van der Waals surface area contributed by atoms with Crippen molar-refractivity contribution in [3.63, 3.8) is 0 Å². The molecule has 0 saturated heterocycles. The van der Waals surface area contributed by atoms with Crippen LogP contribution in [0.15, 0.2) is 30.5 Å². The molecule has 0 spiro atoms. The molecule has 2 rings (SSSR count). The van der Waals surface area contributed by atoms with E-state index in [1.165, 1.54) is 0 Å². The van der Waals surface area contributed by atoms with Gasteiger partial charge in [0.25, 0.3) is 0 Å². The van der Waals surface area contributed by atoms with Gasteiger partial charge in [-0.3, -0.25) is 4.98 Å². The van der Waals surface area contributed by atoms with Crippen molar-refractivity contribution >= 4 is 33.8 Å². The van der Waals surface area contributed by atoms with Crippen LogP contribution in [0.2, 0.25) is 0 Å². The molecule has 0 aliphatic carbocycles. The lowest BCUT2D eigenvalue weighted by Crippen LogP contribution is -2.30. The Morgan fingerprint density at radius 2 is 1.90 bits per heavy atom. The second-order valence-electron chi connectivity index (χ2n) is 5.13. The Labute approximate surface area is 125 Å². The second kappa shape index (κ2) is 6.15. The Balaban J connectivity index is 2.51. The van der Waals surface area contributed by atoms with Crippen LogP contribution in [0.25, 0.3) is 10.9 Å². The monoisotopic (exact) mass is 288 g/mol. The third-order valence-electron chi connectivity index (χ3n) is 3.28. The molecule has 1 heterocycles. The Hall–Kier alpha value is -1.72. The number of hydrogen-bond acceptors (Lipinski definition) is 4. The van der Waals surface area contributed by atoms with Gasteiger partial charge in [-0.15, -0.1) is 0 Å². The van der Waals surface area contributed by atoms with Gasteiger partial charge in [0, 0.05) is 31.7 Å². The molecule has 0 fully saturated rings. The fourth-order valence-corrected chi connectivity index (χ4v) is 2.33. The van der Waals surface area contributed by atoms with Crippen LogP contribution in [-0.2, 0) is 0 Å². The molecule has 2 aromatic rings. The van der Waals surface area contributed by atoms with Crippen LogP contribution in [0.1, 0.15) is 5.56 Å². The minimum atomic E-state index is 0.384. The summed E-state index contributed by atoms with van der Waals surface area (Å²) in [6, 6.07) is 8.06. The Morgan fingerprint density at radius 1 is 1.20 bits per heavy atom. The summed E-state index contributed by atoms with van der Waals surface area (Å²) in [5.74, 6) is 0. The quantitative estimate of drug-likeness (QED) is 0.851. The van der Waals surface area contributed by atoms with E-state index < -0.39 is 0 Å². The predicted octanol–water partition coefficient (Wildman–Crippen LogP) is 1.87. The molecule has 0 aliphatic rings. The van der Waals surface area contributed by atoms with Crippen LogP contribution >= 0.6 is 12.2 Å². The average Bonchev–Trinajstić information content (AvgIpc) is 2.43. The summed E-state index contributed by atoms with van der Waals surface area (Å²) in [5, 5.41) is 1.08. The van der Waals surface area contributed by atoms with E-state index in [1.54, 1.807) is 6.20 Å². The maximum Gasteiger partial charge on any atom is 0.107 e. The maximum atomic E-state index is 5.85. The molecule has 2 N–H and O–H groups in total. The van der Waals surface area contributed by atoms with Crippen molar-refractivity contribution in [3.05, 3.63) is 36.0 Å². The van der Waals surface area contributed by atoms with E-state index in [1.807, 2.05) is 18.2 Å². The first-order valence-corrected chi connectivity index (χ1v) is 6.95. The van der Waals surface area contributed by atoms with Gasteiger partial charge in [-0.05, 0) is 20.2 Å². The number of likely N-dealkylation sites (N-methyl/N-ethyl adjacent to an activating group) is 2. The number of fused-ring (bicyclic) bond motifs is 1. The van der Waals surface area contributed by atoms with Crippen molar-refractivity contribution in [2.75, 3.05) is 39.1 Å². The standard InChI is InChI=1S/C15H20N4S/c1-18(2)8-9-19(3)14-11-6-4-5-7-13(11)17-10-12(14)15(16)20/h4-7,10H,8-9H2,1-3H3,(H2,16,20). The minimum Gasteiger partial charge on any atom is -0.389 e. The summed E-state index contributed by atoms with van der Waals surface area (Å²) in [6.45, 7) is 1.86. The zero-order chi connectivity index (χ0) is 14.7. The van der Waals surface area contributed by atoms with Crippen LogP contribution < -0.4 is 10.6 Å². The third-order valence-corrected chi connectivity index (χ3v) is 3.50. The Kier molecular flexibility index (Phi) is 4.52. The van der Waals surface area contributed by atoms with Gasteiger partial charge in [-0.2, -0.15) is 0 Å². The molecule has 0 aliphatic heterocycles. The highest BCUT2D eigenvalue weighted by Gasteiger charge is 2.14. The van der Waals surface area contributed by atoms with Crippen molar-refractivity contribution in [3.8, 4) is 0 Å². The van der Waals surface area contributed by atoms with Gasteiger partial charge in [0.2, 0.25) is 0 Å². The highest BCUT2D eigenvalue weighted by atomic mass is 32.1. The van der Waals surface area contributed by atoms with Crippen LogP contribution in [-0.4, -0.2) is 49.1 Å². The van der Waals surface area contributed by atoms with E-state index in [-0.39, 0.29) is 0 Å². The van der Waals surface area contributed by atoms with Crippen molar-refractivity contribution in [2.45, 2.75) is 0 Å². The Morgan fingerprint density at radius 3 is 2.55 bits per heavy atom. The molecule has 0 bridgehead atoms. The molecule has 0 radical (unpaired) electrons. The van der Waals surface area contributed by atoms with Gasteiger partial charge in [0.1, 0.15) is 4.99 Å². The van der Waals surface area contributed by atoms with Crippen LogP contribution in [0.5, 0.6) is 0 Å². The number of rotatable bonds is 5. The van der Waals surface area contributed by atoms with E-state index in [9.17, 15) is 0 Å².